The highest BCUT2D eigenvalue weighted by Gasteiger charge is 2.00. The lowest BCUT2D eigenvalue weighted by atomic mass is 10.3. The van der Waals surface area contributed by atoms with E-state index in [1.807, 2.05) is 17.8 Å². The van der Waals surface area contributed by atoms with Gasteiger partial charge in [-0.2, -0.15) is 11.8 Å². The van der Waals surface area contributed by atoms with Crippen LogP contribution in [-0.4, -0.2) is 34.6 Å². The highest BCUT2D eigenvalue weighted by atomic mass is 32.2. The van der Waals surface area contributed by atoms with Crippen LogP contribution < -0.4 is 10.6 Å². The van der Waals surface area contributed by atoms with Crippen molar-refractivity contribution in [2.24, 2.45) is 0 Å². The van der Waals surface area contributed by atoms with E-state index < -0.39 is 0 Å². The van der Waals surface area contributed by atoms with Crippen LogP contribution in [-0.2, 0) is 0 Å². The Morgan fingerprint density at radius 3 is 2.47 bits per heavy atom. The first-order valence-electron chi connectivity index (χ1n) is 6.08. The van der Waals surface area contributed by atoms with Crippen molar-refractivity contribution in [2.45, 2.75) is 31.9 Å². The maximum atomic E-state index is 4.20. The zero-order chi connectivity index (χ0) is 12.5. The third-order valence-electron chi connectivity index (χ3n) is 2.48. The van der Waals surface area contributed by atoms with Gasteiger partial charge in [0.05, 0.1) is 0 Å². The van der Waals surface area contributed by atoms with Crippen molar-refractivity contribution in [1.29, 1.82) is 0 Å². The van der Waals surface area contributed by atoms with Gasteiger partial charge in [-0.3, -0.25) is 0 Å². The van der Waals surface area contributed by atoms with Gasteiger partial charge in [-0.1, -0.05) is 13.8 Å². The summed E-state index contributed by atoms with van der Waals surface area (Å²) in [7, 11) is 0. The molecule has 1 atom stereocenters. The summed E-state index contributed by atoms with van der Waals surface area (Å²) < 4.78 is 0. The fraction of sp³-hybridized carbons (Fsp3) is 0.667. The summed E-state index contributed by atoms with van der Waals surface area (Å²) >= 11 is 1.89. The first-order valence-corrected chi connectivity index (χ1v) is 7.37. The summed E-state index contributed by atoms with van der Waals surface area (Å²) in [6, 6.07) is 1.96. The molecule has 0 aliphatic carbocycles. The van der Waals surface area contributed by atoms with Crippen LogP contribution in [0.1, 0.15) is 26.7 Å². The van der Waals surface area contributed by atoms with Crippen molar-refractivity contribution in [3.05, 3.63) is 12.4 Å². The Kier molecular flexibility index (Phi) is 6.77. The van der Waals surface area contributed by atoms with Crippen molar-refractivity contribution in [3.63, 3.8) is 0 Å². The minimum Gasteiger partial charge on any atom is -0.370 e. The Bertz CT molecular complexity index is 319. The van der Waals surface area contributed by atoms with Crippen LogP contribution in [0.25, 0.3) is 0 Å². The molecule has 96 valence electrons. The number of aromatic nitrogens is 2. The molecule has 0 fully saturated rings. The number of anilines is 2. The summed E-state index contributed by atoms with van der Waals surface area (Å²) in [4.78, 5) is 8.37. The quantitative estimate of drug-likeness (QED) is 0.747. The van der Waals surface area contributed by atoms with Gasteiger partial charge in [-0.05, 0) is 19.1 Å². The molecule has 0 aromatic carbocycles. The molecule has 0 aliphatic heterocycles. The fourth-order valence-electron chi connectivity index (χ4n) is 1.33. The van der Waals surface area contributed by atoms with Gasteiger partial charge in [-0.25, -0.2) is 9.97 Å². The van der Waals surface area contributed by atoms with Crippen LogP contribution in [0.3, 0.4) is 0 Å². The summed E-state index contributed by atoms with van der Waals surface area (Å²) in [5.41, 5.74) is 0. The molecule has 0 bridgehead atoms. The van der Waals surface area contributed by atoms with Gasteiger partial charge in [0, 0.05) is 24.4 Å². The molecule has 0 saturated carbocycles. The van der Waals surface area contributed by atoms with Gasteiger partial charge < -0.3 is 10.6 Å². The van der Waals surface area contributed by atoms with Crippen LogP contribution in [0.5, 0.6) is 0 Å². The molecule has 0 aliphatic rings. The van der Waals surface area contributed by atoms with E-state index in [1.165, 1.54) is 0 Å². The first kappa shape index (κ1) is 14.1. The summed E-state index contributed by atoms with van der Waals surface area (Å²) in [6.45, 7) is 6.27. The van der Waals surface area contributed by atoms with Gasteiger partial charge in [0.15, 0.2) is 0 Å². The summed E-state index contributed by atoms with van der Waals surface area (Å²) in [6.07, 6.45) is 5.97. The Hall–Kier alpha value is -0.970. The second-order valence-electron chi connectivity index (χ2n) is 3.98. The van der Waals surface area contributed by atoms with Crippen molar-refractivity contribution in [2.75, 3.05) is 30.0 Å². The molecule has 0 saturated heterocycles. The number of thioether (sulfide) groups is 1. The maximum Gasteiger partial charge on any atom is 0.131 e. The number of nitrogens with one attached hydrogen (secondary N) is 2. The van der Waals surface area contributed by atoms with E-state index in [0.29, 0.717) is 5.25 Å². The van der Waals surface area contributed by atoms with Crippen molar-refractivity contribution >= 4 is 23.4 Å². The fourth-order valence-corrected chi connectivity index (χ4v) is 1.68. The Morgan fingerprint density at radius 1 is 1.24 bits per heavy atom. The molecule has 1 unspecified atom stereocenters. The van der Waals surface area contributed by atoms with Crippen molar-refractivity contribution in [1.82, 2.24) is 9.97 Å². The predicted octanol–water partition coefficient (Wildman–Crippen LogP) is 2.85. The molecule has 5 heteroatoms. The summed E-state index contributed by atoms with van der Waals surface area (Å²) in [5.74, 6) is 1.79. The van der Waals surface area contributed by atoms with Crippen molar-refractivity contribution < 1.29 is 0 Å². The minimum atomic E-state index is 0.682. The zero-order valence-electron chi connectivity index (χ0n) is 10.9. The lowest BCUT2D eigenvalue weighted by molar-refractivity contribution is 0.849. The molecule has 0 spiro atoms. The summed E-state index contributed by atoms with van der Waals surface area (Å²) in [5, 5.41) is 7.25. The predicted molar refractivity (Wildman–Crippen MR) is 76.9 cm³/mol. The van der Waals surface area contributed by atoms with E-state index >= 15 is 0 Å². The highest BCUT2D eigenvalue weighted by Crippen LogP contribution is 2.11. The van der Waals surface area contributed by atoms with Gasteiger partial charge in [0.2, 0.25) is 0 Å². The second-order valence-corrected chi connectivity index (χ2v) is 5.25. The smallest absolute Gasteiger partial charge is 0.131 e. The largest absolute Gasteiger partial charge is 0.370 e. The molecule has 17 heavy (non-hydrogen) atoms. The number of hydrogen-bond donors (Lipinski definition) is 2. The Labute approximate surface area is 108 Å². The number of hydrogen-bond acceptors (Lipinski definition) is 5. The molecule has 1 heterocycles. The van der Waals surface area contributed by atoms with Gasteiger partial charge in [-0.15, -0.1) is 0 Å². The highest BCUT2D eigenvalue weighted by molar-refractivity contribution is 7.99. The molecule has 1 aromatic rings. The molecule has 1 aromatic heterocycles. The topological polar surface area (TPSA) is 49.8 Å². The molecule has 1 rings (SSSR count). The Balaban J connectivity index is 2.37. The van der Waals surface area contributed by atoms with Crippen molar-refractivity contribution in [3.8, 4) is 0 Å². The van der Waals surface area contributed by atoms with Crippen LogP contribution in [0.2, 0.25) is 0 Å². The molecular weight excluding hydrogens is 232 g/mol. The van der Waals surface area contributed by atoms with Crippen LogP contribution >= 0.6 is 11.8 Å². The first-order chi connectivity index (χ1) is 8.26. The lowest BCUT2D eigenvalue weighted by Crippen LogP contribution is -2.09. The molecule has 0 radical (unpaired) electrons. The zero-order valence-corrected chi connectivity index (χ0v) is 11.7. The van der Waals surface area contributed by atoms with E-state index in [0.717, 1.165) is 37.6 Å². The molecule has 0 amide bonds. The van der Waals surface area contributed by atoms with Gasteiger partial charge >= 0.3 is 0 Å². The second kappa shape index (κ2) is 8.17. The average molecular weight is 254 g/mol. The molecule has 4 nitrogen and oxygen atoms in total. The van der Waals surface area contributed by atoms with Gasteiger partial charge in [0.1, 0.15) is 18.0 Å². The van der Waals surface area contributed by atoms with Gasteiger partial charge in [0.25, 0.3) is 0 Å². The third-order valence-corrected chi connectivity index (χ3v) is 3.52. The molecule has 2 N–H and O–H groups in total. The van der Waals surface area contributed by atoms with E-state index in [-0.39, 0.29) is 0 Å². The van der Waals surface area contributed by atoms with Crippen LogP contribution in [0.15, 0.2) is 12.4 Å². The van der Waals surface area contributed by atoms with E-state index in [1.54, 1.807) is 6.33 Å². The van der Waals surface area contributed by atoms with E-state index in [4.69, 9.17) is 0 Å². The SMILES string of the molecule is CCCNc1cc(NCCC(C)SC)ncn1. The lowest BCUT2D eigenvalue weighted by Gasteiger charge is -2.10. The monoisotopic (exact) mass is 254 g/mol. The van der Waals surface area contributed by atoms with Crippen LogP contribution in [0.4, 0.5) is 11.6 Å². The van der Waals surface area contributed by atoms with E-state index in [9.17, 15) is 0 Å². The maximum absolute atomic E-state index is 4.20. The number of nitrogens with zero attached hydrogens (tertiary/aromatic N) is 2. The van der Waals surface area contributed by atoms with Crippen LogP contribution in [0, 0.1) is 0 Å². The Morgan fingerprint density at radius 2 is 1.88 bits per heavy atom. The third kappa shape index (κ3) is 5.77. The van der Waals surface area contributed by atoms with E-state index in [2.05, 4.69) is 40.7 Å². The molecular formula is C12H22N4S. The normalized spacial score (nSPS) is 12.2. The standard InChI is InChI=1S/C12H22N4S/c1-4-6-13-11-8-12(16-9-15-11)14-7-5-10(2)17-3/h8-10H,4-7H2,1-3H3,(H2,13,14,15,16). The average Bonchev–Trinajstić information content (AvgIpc) is 2.36. The minimum absolute atomic E-state index is 0.682. The number of rotatable bonds is 8.